The molecule has 0 aromatic heterocycles. The minimum absolute atomic E-state index is 0.145. The van der Waals surface area contributed by atoms with Gasteiger partial charge in [-0.15, -0.1) is 0 Å². The summed E-state index contributed by atoms with van der Waals surface area (Å²) in [5.74, 6) is 0.248. The topological polar surface area (TPSA) is 67.4 Å². The maximum Gasteiger partial charge on any atom is 0.255 e. The van der Waals surface area contributed by atoms with Gasteiger partial charge in [0.1, 0.15) is 5.75 Å². The maximum atomic E-state index is 13.1. The summed E-state index contributed by atoms with van der Waals surface area (Å²) in [7, 11) is 1.62. The van der Waals surface area contributed by atoms with Gasteiger partial charge >= 0.3 is 0 Å². The molecule has 0 saturated carbocycles. The fourth-order valence-electron chi connectivity index (χ4n) is 3.97. The molecular weight excluding hydrogens is 471 g/mol. The van der Waals surface area contributed by atoms with E-state index in [-0.39, 0.29) is 17.2 Å². The molecule has 1 amide bonds. The SMILES string of the molecule is COc1ccc2c(c1)/C(=C/C(=O)c1ccc(NC(=O)c3cc(Cl)cc(Cl)c3)cc1)NC(C)(C)C2. The molecule has 0 atom stereocenters. The first-order chi connectivity index (χ1) is 16.1. The molecule has 34 heavy (non-hydrogen) atoms. The van der Waals surface area contributed by atoms with Crippen molar-refractivity contribution >= 4 is 46.3 Å². The van der Waals surface area contributed by atoms with Crippen molar-refractivity contribution in [1.82, 2.24) is 5.32 Å². The van der Waals surface area contributed by atoms with Crippen LogP contribution in [0.25, 0.3) is 5.70 Å². The fraction of sp³-hybridized carbons (Fsp3) is 0.185. The Hall–Kier alpha value is -3.28. The highest BCUT2D eigenvalue weighted by Gasteiger charge is 2.28. The van der Waals surface area contributed by atoms with E-state index in [1.165, 1.54) is 0 Å². The summed E-state index contributed by atoms with van der Waals surface area (Å²) in [5, 5.41) is 7.02. The minimum atomic E-state index is -0.343. The van der Waals surface area contributed by atoms with Gasteiger partial charge in [-0.05, 0) is 80.4 Å². The maximum absolute atomic E-state index is 13.1. The van der Waals surface area contributed by atoms with Gasteiger partial charge in [-0.3, -0.25) is 9.59 Å². The number of benzene rings is 3. The highest BCUT2D eigenvalue weighted by Crippen LogP contribution is 2.32. The molecule has 3 aromatic rings. The molecule has 7 heteroatoms. The summed E-state index contributed by atoms with van der Waals surface area (Å²) < 4.78 is 5.37. The molecule has 3 aromatic carbocycles. The molecule has 0 fully saturated rings. The average molecular weight is 495 g/mol. The lowest BCUT2D eigenvalue weighted by atomic mass is 9.85. The zero-order chi connectivity index (χ0) is 24.5. The van der Waals surface area contributed by atoms with Crippen molar-refractivity contribution in [3.05, 3.63) is 99.0 Å². The number of hydrogen-bond donors (Lipinski definition) is 2. The van der Waals surface area contributed by atoms with Crippen molar-refractivity contribution in [3.63, 3.8) is 0 Å². The molecule has 0 spiro atoms. The predicted octanol–water partition coefficient (Wildman–Crippen LogP) is 6.40. The number of ether oxygens (including phenoxy) is 1. The van der Waals surface area contributed by atoms with E-state index >= 15 is 0 Å². The molecular formula is C27H24Cl2N2O3. The molecule has 174 valence electrons. The summed E-state index contributed by atoms with van der Waals surface area (Å²) in [4.78, 5) is 25.6. The molecule has 4 rings (SSSR count). The van der Waals surface area contributed by atoms with Crippen LogP contribution in [0, 0.1) is 0 Å². The van der Waals surface area contributed by atoms with Crippen LogP contribution < -0.4 is 15.4 Å². The number of carbonyl (C=O) groups excluding carboxylic acids is 2. The third kappa shape index (κ3) is 5.44. The predicted molar refractivity (Wildman–Crippen MR) is 137 cm³/mol. The molecule has 2 N–H and O–H groups in total. The van der Waals surface area contributed by atoms with Crippen molar-refractivity contribution in [2.75, 3.05) is 12.4 Å². The van der Waals surface area contributed by atoms with Crippen LogP contribution in [-0.2, 0) is 6.42 Å². The first kappa shape index (κ1) is 23.9. The van der Waals surface area contributed by atoms with Gasteiger partial charge in [0, 0.05) is 49.7 Å². The van der Waals surface area contributed by atoms with E-state index < -0.39 is 0 Å². The molecule has 0 unspecified atom stereocenters. The summed E-state index contributed by atoms with van der Waals surface area (Å²) in [6.07, 6.45) is 2.45. The third-order valence-corrected chi connectivity index (χ3v) is 5.98. The number of carbonyl (C=O) groups is 2. The number of fused-ring (bicyclic) bond motifs is 1. The van der Waals surface area contributed by atoms with E-state index in [0.29, 0.717) is 26.9 Å². The Bertz CT molecular complexity index is 1280. The highest BCUT2D eigenvalue weighted by molar-refractivity contribution is 6.35. The Morgan fingerprint density at radius 2 is 1.65 bits per heavy atom. The average Bonchev–Trinajstić information content (AvgIpc) is 2.78. The third-order valence-electron chi connectivity index (χ3n) is 5.54. The van der Waals surface area contributed by atoms with Crippen LogP contribution in [0.4, 0.5) is 5.69 Å². The summed E-state index contributed by atoms with van der Waals surface area (Å²) in [6.45, 7) is 4.20. The van der Waals surface area contributed by atoms with Gasteiger partial charge in [0.25, 0.3) is 5.91 Å². The van der Waals surface area contributed by atoms with Crippen LogP contribution in [0.3, 0.4) is 0 Å². The van der Waals surface area contributed by atoms with E-state index in [0.717, 1.165) is 29.0 Å². The monoisotopic (exact) mass is 494 g/mol. The summed E-state index contributed by atoms with van der Waals surface area (Å²) in [6, 6.07) is 17.3. The van der Waals surface area contributed by atoms with Gasteiger partial charge in [-0.2, -0.15) is 0 Å². The van der Waals surface area contributed by atoms with Gasteiger partial charge in [0.15, 0.2) is 5.78 Å². The zero-order valence-corrected chi connectivity index (χ0v) is 20.6. The smallest absolute Gasteiger partial charge is 0.255 e. The standard InChI is InChI=1S/C27H24Cl2N2O3/c1-27(2)15-17-6-9-22(34-3)13-23(17)24(31-27)14-25(32)16-4-7-21(8-5-16)30-26(33)18-10-19(28)12-20(29)11-18/h4-14,31H,15H2,1-3H3,(H,30,33)/b24-14-. The number of rotatable bonds is 5. The van der Waals surface area contributed by atoms with Crippen molar-refractivity contribution in [2.45, 2.75) is 25.8 Å². The Kier molecular flexibility index (Phi) is 6.69. The number of ketones is 1. The van der Waals surface area contributed by atoms with Crippen molar-refractivity contribution in [3.8, 4) is 5.75 Å². The van der Waals surface area contributed by atoms with Crippen LogP contribution in [-0.4, -0.2) is 24.3 Å². The van der Waals surface area contributed by atoms with Crippen molar-refractivity contribution < 1.29 is 14.3 Å². The number of anilines is 1. The largest absolute Gasteiger partial charge is 0.497 e. The second-order valence-electron chi connectivity index (χ2n) is 8.82. The lowest BCUT2D eigenvalue weighted by Crippen LogP contribution is -2.43. The van der Waals surface area contributed by atoms with E-state index in [4.69, 9.17) is 27.9 Å². The van der Waals surface area contributed by atoms with Crippen molar-refractivity contribution in [2.24, 2.45) is 0 Å². The first-order valence-electron chi connectivity index (χ1n) is 10.7. The van der Waals surface area contributed by atoms with Crippen LogP contribution in [0.1, 0.15) is 45.7 Å². The second-order valence-corrected chi connectivity index (χ2v) is 9.69. The molecule has 1 heterocycles. The molecule has 0 aliphatic carbocycles. The lowest BCUT2D eigenvalue weighted by Gasteiger charge is -2.35. The lowest BCUT2D eigenvalue weighted by molar-refractivity contribution is 0.102. The molecule has 5 nitrogen and oxygen atoms in total. The first-order valence-corrected chi connectivity index (χ1v) is 11.5. The van der Waals surface area contributed by atoms with Gasteiger partial charge in [0.2, 0.25) is 0 Å². The second kappa shape index (κ2) is 9.53. The van der Waals surface area contributed by atoms with Crippen LogP contribution >= 0.6 is 23.2 Å². The number of allylic oxidation sites excluding steroid dienone is 1. The van der Waals surface area contributed by atoms with E-state index in [1.54, 1.807) is 55.7 Å². The molecule has 0 radical (unpaired) electrons. The van der Waals surface area contributed by atoms with E-state index in [2.05, 4.69) is 24.5 Å². The van der Waals surface area contributed by atoms with Gasteiger partial charge in [-0.25, -0.2) is 0 Å². The molecule has 0 saturated heterocycles. The minimum Gasteiger partial charge on any atom is -0.497 e. The molecule has 1 aliphatic heterocycles. The number of nitrogens with one attached hydrogen (secondary N) is 2. The van der Waals surface area contributed by atoms with Crippen molar-refractivity contribution in [1.29, 1.82) is 0 Å². The number of hydrogen-bond acceptors (Lipinski definition) is 4. The Labute approximate surface area is 208 Å². The molecule has 1 aliphatic rings. The van der Waals surface area contributed by atoms with Crippen LogP contribution in [0.2, 0.25) is 10.0 Å². The Morgan fingerprint density at radius 3 is 2.29 bits per heavy atom. The number of amides is 1. The van der Waals surface area contributed by atoms with E-state index in [9.17, 15) is 9.59 Å². The van der Waals surface area contributed by atoms with Gasteiger partial charge < -0.3 is 15.4 Å². The quantitative estimate of drug-likeness (QED) is 0.318. The molecule has 0 bridgehead atoms. The highest BCUT2D eigenvalue weighted by atomic mass is 35.5. The number of halogens is 2. The van der Waals surface area contributed by atoms with E-state index in [1.807, 2.05) is 18.2 Å². The van der Waals surface area contributed by atoms with Gasteiger partial charge in [-0.1, -0.05) is 29.3 Å². The summed E-state index contributed by atoms with van der Waals surface area (Å²) in [5.41, 5.74) is 4.08. The Balaban J connectivity index is 1.54. The summed E-state index contributed by atoms with van der Waals surface area (Å²) >= 11 is 12.0. The Morgan fingerprint density at radius 1 is 0.971 bits per heavy atom. The number of methoxy groups -OCH3 is 1. The fourth-order valence-corrected chi connectivity index (χ4v) is 4.50. The van der Waals surface area contributed by atoms with Crippen LogP contribution in [0.5, 0.6) is 5.75 Å². The van der Waals surface area contributed by atoms with Gasteiger partial charge in [0.05, 0.1) is 7.11 Å². The zero-order valence-electron chi connectivity index (χ0n) is 19.0. The normalized spacial score (nSPS) is 15.3. The van der Waals surface area contributed by atoms with Crippen LogP contribution in [0.15, 0.2) is 66.7 Å².